The molecule has 8 nitrogen and oxygen atoms in total. The maximum Gasteiger partial charge on any atom is 0.306 e. The Balaban J connectivity index is 4.24. The highest BCUT2D eigenvalue weighted by molar-refractivity contribution is 7.45. The Kier molecular flexibility index (Phi) is 40.2. The first kappa shape index (κ1) is 55.9. The van der Waals surface area contributed by atoms with Crippen molar-refractivity contribution in [3.05, 3.63) is 72.9 Å². The van der Waals surface area contributed by atoms with Gasteiger partial charge in [-0.2, -0.15) is 0 Å². The molecule has 0 amide bonds. The summed E-state index contributed by atoms with van der Waals surface area (Å²) in [5.41, 5.74) is 0. The van der Waals surface area contributed by atoms with Crippen molar-refractivity contribution in [2.45, 2.75) is 180 Å². The standard InChI is InChI=1S/C49H88NO7P/c1-6-8-10-12-14-16-18-20-22-23-24-25-26-27-28-30-32-34-36-38-40-42-49(51)57-48(47-56-58(52,53)55-45-43-50(3,4)5)46-54-44-41-39-37-35-33-31-29-21-19-17-15-13-11-9-7-2/h8,10,13-16,19-22,24-25,48H,6-7,9,11-12,17-18,23,26-47H2,1-5H3/b10-8-,15-13-,16-14-,21-19-,22-20-,25-24-. The van der Waals surface area contributed by atoms with Crippen molar-refractivity contribution in [2.24, 2.45) is 0 Å². The zero-order valence-electron chi connectivity index (χ0n) is 38.0. The van der Waals surface area contributed by atoms with Gasteiger partial charge in [0.05, 0.1) is 34.4 Å². The van der Waals surface area contributed by atoms with Gasteiger partial charge in [-0.1, -0.05) is 164 Å². The van der Waals surface area contributed by atoms with Crippen LogP contribution in [0.25, 0.3) is 0 Å². The van der Waals surface area contributed by atoms with Crippen LogP contribution in [0.3, 0.4) is 0 Å². The molecule has 0 spiro atoms. The highest BCUT2D eigenvalue weighted by Crippen LogP contribution is 2.38. The molecule has 0 fully saturated rings. The van der Waals surface area contributed by atoms with Gasteiger partial charge in [0.25, 0.3) is 7.82 Å². The molecule has 0 saturated heterocycles. The number of rotatable bonds is 42. The van der Waals surface area contributed by atoms with Crippen LogP contribution in [0.5, 0.6) is 0 Å². The maximum absolute atomic E-state index is 12.7. The predicted octanol–water partition coefficient (Wildman–Crippen LogP) is 13.3. The number of unbranched alkanes of at least 4 members (excludes halogenated alkanes) is 16. The molecule has 0 saturated carbocycles. The van der Waals surface area contributed by atoms with E-state index >= 15 is 0 Å². The number of ether oxygens (including phenoxy) is 2. The van der Waals surface area contributed by atoms with Crippen molar-refractivity contribution < 1.29 is 37.3 Å². The summed E-state index contributed by atoms with van der Waals surface area (Å²) in [5.74, 6) is -0.349. The quantitative estimate of drug-likeness (QED) is 0.0199. The Morgan fingerprint density at radius 3 is 1.50 bits per heavy atom. The molecule has 0 N–H and O–H groups in total. The second-order valence-electron chi connectivity index (χ2n) is 16.4. The lowest BCUT2D eigenvalue weighted by molar-refractivity contribution is -0.870. The van der Waals surface area contributed by atoms with E-state index in [1.165, 1.54) is 70.6 Å². The topological polar surface area (TPSA) is 94.1 Å². The Morgan fingerprint density at radius 1 is 0.552 bits per heavy atom. The molecule has 2 unspecified atom stereocenters. The summed E-state index contributed by atoms with van der Waals surface area (Å²) in [4.78, 5) is 25.1. The summed E-state index contributed by atoms with van der Waals surface area (Å²) >= 11 is 0. The molecule has 336 valence electrons. The number of hydrogen-bond donors (Lipinski definition) is 0. The third-order valence-corrected chi connectivity index (χ3v) is 10.5. The van der Waals surface area contributed by atoms with Crippen LogP contribution >= 0.6 is 7.82 Å². The summed E-state index contributed by atoms with van der Waals surface area (Å²) in [6, 6.07) is 0. The summed E-state index contributed by atoms with van der Waals surface area (Å²) in [5, 5.41) is 0. The Labute approximate surface area is 357 Å². The molecule has 0 aromatic rings. The molecule has 0 aromatic carbocycles. The van der Waals surface area contributed by atoms with E-state index in [1.54, 1.807) is 0 Å². The van der Waals surface area contributed by atoms with Crippen molar-refractivity contribution in [1.82, 2.24) is 0 Å². The Morgan fingerprint density at radius 2 is 1.00 bits per heavy atom. The lowest BCUT2D eigenvalue weighted by Gasteiger charge is -2.28. The average Bonchev–Trinajstić information content (AvgIpc) is 3.18. The van der Waals surface area contributed by atoms with Crippen molar-refractivity contribution in [3.8, 4) is 0 Å². The zero-order valence-corrected chi connectivity index (χ0v) is 38.9. The van der Waals surface area contributed by atoms with Crippen LogP contribution in [0.2, 0.25) is 0 Å². The van der Waals surface area contributed by atoms with Crippen LogP contribution in [-0.2, 0) is 27.9 Å². The van der Waals surface area contributed by atoms with E-state index < -0.39 is 13.9 Å². The van der Waals surface area contributed by atoms with Gasteiger partial charge in [-0.25, -0.2) is 0 Å². The fraction of sp³-hybridized carbons (Fsp3) is 0.735. The number of carbonyl (C=O) groups is 1. The third kappa shape index (κ3) is 45.0. The van der Waals surface area contributed by atoms with Crippen molar-refractivity contribution in [1.29, 1.82) is 0 Å². The summed E-state index contributed by atoms with van der Waals surface area (Å²) in [6.45, 7) is 5.21. The predicted molar refractivity (Wildman–Crippen MR) is 245 cm³/mol. The minimum atomic E-state index is -4.54. The molecular formula is C49H88NO7P. The zero-order chi connectivity index (χ0) is 42.7. The van der Waals surface area contributed by atoms with Crippen LogP contribution in [-0.4, -0.2) is 70.7 Å². The van der Waals surface area contributed by atoms with E-state index in [-0.39, 0.29) is 25.8 Å². The molecule has 58 heavy (non-hydrogen) atoms. The normalized spacial score (nSPS) is 14.4. The molecule has 0 aliphatic heterocycles. The minimum Gasteiger partial charge on any atom is -0.756 e. The van der Waals surface area contributed by atoms with E-state index in [0.717, 1.165) is 83.5 Å². The van der Waals surface area contributed by atoms with Crippen LogP contribution < -0.4 is 4.89 Å². The van der Waals surface area contributed by atoms with Crippen LogP contribution in [0.1, 0.15) is 174 Å². The van der Waals surface area contributed by atoms with E-state index in [2.05, 4.69) is 86.8 Å². The van der Waals surface area contributed by atoms with Crippen LogP contribution in [0.15, 0.2) is 72.9 Å². The first-order valence-electron chi connectivity index (χ1n) is 23.2. The molecular weight excluding hydrogens is 746 g/mol. The Hall–Kier alpha value is -2.06. The second-order valence-corrected chi connectivity index (χ2v) is 17.8. The monoisotopic (exact) mass is 834 g/mol. The maximum atomic E-state index is 12.7. The first-order chi connectivity index (χ1) is 28.1. The SMILES string of the molecule is CC/C=C\C/C=C\C/C=C\C/C=C\CCCCCCCCCCC(=O)OC(COCCCCCCCC/C=C\C/C=C\CCCC)COP(=O)([O-])OCC[N+](C)(C)C. The molecule has 0 aliphatic rings. The van der Waals surface area contributed by atoms with Gasteiger partial charge in [0.15, 0.2) is 0 Å². The lowest BCUT2D eigenvalue weighted by Crippen LogP contribution is -2.37. The van der Waals surface area contributed by atoms with Gasteiger partial charge in [-0.3, -0.25) is 9.36 Å². The van der Waals surface area contributed by atoms with Crippen LogP contribution in [0, 0.1) is 0 Å². The third-order valence-electron chi connectivity index (χ3n) is 9.49. The lowest BCUT2D eigenvalue weighted by atomic mass is 10.1. The number of carbonyl (C=O) groups excluding carboxylic acids is 1. The second kappa shape index (κ2) is 41.7. The molecule has 0 radical (unpaired) electrons. The highest BCUT2D eigenvalue weighted by Gasteiger charge is 2.20. The number of phosphoric acid groups is 1. The number of esters is 1. The van der Waals surface area contributed by atoms with E-state index in [1.807, 2.05) is 21.1 Å². The largest absolute Gasteiger partial charge is 0.756 e. The van der Waals surface area contributed by atoms with Gasteiger partial charge >= 0.3 is 5.97 Å². The number of allylic oxidation sites excluding steroid dienone is 12. The van der Waals surface area contributed by atoms with Gasteiger partial charge in [0.2, 0.25) is 0 Å². The minimum absolute atomic E-state index is 0.0186. The number of hydrogen-bond acceptors (Lipinski definition) is 7. The van der Waals surface area contributed by atoms with Crippen molar-refractivity contribution in [2.75, 3.05) is 54.1 Å². The van der Waals surface area contributed by atoms with E-state index in [4.69, 9.17) is 18.5 Å². The average molecular weight is 834 g/mol. The molecule has 0 aliphatic carbocycles. The van der Waals surface area contributed by atoms with Crippen LogP contribution in [0.4, 0.5) is 0 Å². The summed E-state index contributed by atoms with van der Waals surface area (Å²) in [7, 11) is 1.33. The molecule has 9 heteroatoms. The van der Waals surface area contributed by atoms with Crippen molar-refractivity contribution >= 4 is 13.8 Å². The Bertz CT molecular complexity index is 1150. The number of nitrogens with zero attached hydrogens (tertiary/aromatic N) is 1. The van der Waals surface area contributed by atoms with E-state index in [0.29, 0.717) is 24.1 Å². The number of likely N-dealkylation sites (N-methyl/N-ethyl adjacent to an activating group) is 1. The van der Waals surface area contributed by atoms with Crippen molar-refractivity contribution in [3.63, 3.8) is 0 Å². The smallest absolute Gasteiger partial charge is 0.306 e. The van der Waals surface area contributed by atoms with Gasteiger partial charge in [0.1, 0.15) is 19.3 Å². The first-order valence-corrected chi connectivity index (χ1v) is 24.6. The fourth-order valence-electron chi connectivity index (χ4n) is 5.91. The molecule has 0 rings (SSSR count). The molecule has 0 heterocycles. The van der Waals surface area contributed by atoms with E-state index in [9.17, 15) is 14.3 Å². The van der Waals surface area contributed by atoms with Gasteiger partial charge in [0, 0.05) is 13.0 Å². The summed E-state index contributed by atoms with van der Waals surface area (Å²) in [6.07, 6.45) is 53.4. The fourth-order valence-corrected chi connectivity index (χ4v) is 6.63. The van der Waals surface area contributed by atoms with Gasteiger partial charge < -0.3 is 27.9 Å². The molecule has 2 atom stereocenters. The highest BCUT2D eigenvalue weighted by atomic mass is 31.2. The molecule has 0 aromatic heterocycles. The molecule has 0 bridgehead atoms. The number of phosphoric ester groups is 1. The summed E-state index contributed by atoms with van der Waals surface area (Å²) < 4.78 is 34.6. The van der Waals surface area contributed by atoms with Gasteiger partial charge in [-0.05, 0) is 77.0 Å². The number of quaternary nitrogens is 1. The van der Waals surface area contributed by atoms with Gasteiger partial charge in [-0.15, -0.1) is 0 Å².